The molecule has 0 bridgehead atoms. The smallest absolute Gasteiger partial charge is 0.297 e. The van der Waals surface area contributed by atoms with Crippen molar-refractivity contribution in [2.75, 3.05) is 31.2 Å². The summed E-state index contributed by atoms with van der Waals surface area (Å²) in [6.07, 6.45) is 0. The average Bonchev–Trinajstić information content (AvgIpc) is 2.61. The summed E-state index contributed by atoms with van der Waals surface area (Å²) < 4.78 is 6.06. The van der Waals surface area contributed by atoms with Gasteiger partial charge in [0.05, 0.1) is 13.2 Å². The number of halogens is 1. The third-order valence-electron chi connectivity index (χ3n) is 1.95. The second-order valence-electron chi connectivity index (χ2n) is 2.80. The van der Waals surface area contributed by atoms with Gasteiger partial charge in [0.15, 0.2) is 0 Å². The van der Waals surface area contributed by atoms with Crippen LogP contribution < -0.4 is 4.90 Å². The highest BCUT2D eigenvalue weighted by atomic mass is 79.9. The molecule has 14 heavy (non-hydrogen) atoms. The zero-order valence-corrected chi connectivity index (χ0v) is 9.77. The van der Waals surface area contributed by atoms with Gasteiger partial charge in [0.2, 0.25) is 0 Å². The number of ether oxygens (including phenoxy) is 1. The SMILES string of the molecule is [C-]#[N+]c1nc(N2CCOCC2)sc1Br. The van der Waals surface area contributed by atoms with E-state index in [-0.39, 0.29) is 0 Å². The zero-order valence-electron chi connectivity index (χ0n) is 7.36. The molecule has 1 saturated heterocycles. The first-order valence-corrected chi connectivity index (χ1v) is 5.78. The fourth-order valence-corrected chi connectivity index (χ4v) is 2.64. The van der Waals surface area contributed by atoms with E-state index in [0.29, 0.717) is 5.82 Å². The molecule has 1 fully saturated rings. The Bertz CT molecular complexity index is 367. The van der Waals surface area contributed by atoms with Gasteiger partial charge in [-0.3, -0.25) is 0 Å². The summed E-state index contributed by atoms with van der Waals surface area (Å²) in [5, 5.41) is 0.908. The van der Waals surface area contributed by atoms with E-state index in [0.717, 1.165) is 35.2 Å². The molecule has 0 N–H and O–H groups in total. The number of aromatic nitrogens is 1. The van der Waals surface area contributed by atoms with E-state index in [4.69, 9.17) is 11.3 Å². The summed E-state index contributed by atoms with van der Waals surface area (Å²) in [7, 11) is 0. The first-order valence-electron chi connectivity index (χ1n) is 4.18. The van der Waals surface area contributed by atoms with Gasteiger partial charge in [-0.05, 0) is 0 Å². The van der Waals surface area contributed by atoms with Crippen molar-refractivity contribution in [1.82, 2.24) is 4.98 Å². The first-order chi connectivity index (χ1) is 6.81. The van der Waals surface area contributed by atoms with E-state index in [1.807, 2.05) is 0 Å². The van der Waals surface area contributed by atoms with Gasteiger partial charge in [0, 0.05) is 13.1 Å². The van der Waals surface area contributed by atoms with Crippen molar-refractivity contribution in [2.45, 2.75) is 0 Å². The molecule has 0 spiro atoms. The molecule has 74 valence electrons. The topological polar surface area (TPSA) is 29.7 Å². The number of anilines is 1. The summed E-state index contributed by atoms with van der Waals surface area (Å²) in [4.78, 5) is 9.72. The van der Waals surface area contributed by atoms with Crippen LogP contribution in [0.3, 0.4) is 0 Å². The van der Waals surface area contributed by atoms with Crippen LogP contribution in [0.15, 0.2) is 3.79 Å². The standard InChI is InChI=1S/C8H8BrN3OS/c1-10-7-6(9)14-8(11-7)12-2-4-13-5-3-12/h2-5H2. The van der Waals surface area contributed by atoms with Gasteiger partial charge in [0.1, 0.15) is 3.79 Å². The number of thiazole rings is 1. The number of rotatable bonds is 1. The maximum Gasteiger partial charge on any atom is 0.297 e. The van der Waals surface area contributed by atoms with Crippen molar-refractivity contribution in [3.63, 3.8) is 0 Å². The molecule has 1 aromatic heterocycles. The lowest BCUT2D eigenvalue weighted by Crippen LogP contribution is -2.36. The number of morpholine rings is 1. The Morgan fingerprint density at radius 3 is 2.79 bits per heavy atom. The molecule has 1 aromatic rings. The molecular weight excluding hydrogens is 266 g/mol. The van der Waals surface area contributed by atoms with Gasteiger partial charge < -0.3 is 14.5 Å². The fourth-order valence-electron chi connectivity index (χ4n) is 1.24. The predicted molar refractivity (Wildman–Crippen MR) is 59.1 cm³/mol. The average molecular weight is 274 g/mol. The molecule has 0 amide bonds. The second kappa shape index (κ2) is 4.26. The minimum absolute atomic E-state index is 0.455. The van der Waals surface area contributed by atoms with Gasteiger partial charge >= 0.3 is 0 Å². The van der Waals surface area contributed by atoms with Crippen molar-refractivity contribution >= 4 is 38.2 Å². The van der Waals surface area contributed by atoms with E-state index >= 15 is 0 Å². The number of hydrogen-bond donors (Lipinski definition) is 0. The van der Waals surface area contributed by atoms with Crippen molar-refractivity contribution in [3.8, 4) is 0 Å². The van der Waals surface area contributed by atoms with E-state index in [1.165, 1.54) is 11.3 Å². The Balaban J connectivity index is 2.19. The Kier molecular flexibility index (Phi) is 3.01. The molecule has 2 rings (SSSR count). The first kappa shape index (κ1) is 9.90. The van der Waals surface area contributed by atoms with E-state index < -0.39 is 0 Å². The van der Waals surface area contributed by atoms with Crippen LogP contribution in [0, 0.1) is 6.57 Å². The normalized spacial score (nSPS) is 16.7. The summed E-state index contributed by atoms with van der Waals surface area (Å²) in [6.45, 7) is 10.1. The highest BCUT2D eigenvalue weighted by molar-refractivity contribution is 9.11. The molecule has 0 atom stereocenters. The van der Waals surface area contributed by atoms with E-state index in [1.54, 1.807) is 0 Å². The molecular formula is C8H8BrN3OS. The zero-order chi connectivity index (χ0) is 9.97. The van der Waals surface area contributed by atoms with Gasteiger partial charge in [0.25, 0.3) is 10.9 Å². The minimum atomic E-state index is 0.455. The van der Waals surface area contributed by atoms with Crippen LogP contribution in [0.5, 0.6) is 0 Å². The lowest BCUT2D eigenvalue weighted by Gasteiger charge is -2.24. The summed E-state index contributed by atoms with van der Waals surface area (Å²) >= 11 is 4.84. The van der Waals surface area contributed by atoms with Crippen LogP contribution in [0.25, 0.3) is 4.85 Å². The molecule has 0 saturated carbocycles. The van der Waals surface area contributed by atoms with E-state index in [9.17, 15) is 0 Å². The van der Waals surface area contributed by atoms with Crippen LogP contribution in [-0.2, 0) is 4.74 Å². The molecule has 1 aliphatic heterocycles. The van der Waals surface area contributed by atoms with E-state index in [2.05, 4.69) is 30.7 Å². The molecule has 6 heteroatoms. The number of hydrogen-bond acceptors (Lipinski definition) is 4. The van der Waals surface area contributed by atoms with Crippen LogP contribution in [-0.4, -0.2) is 31.3 Å². The number of nitrogens with zero attached hydrogens (tertiary/aromatic N) is 3. The third kappa shape index (κ3) is 1.90. The second-order valence-corrected chi connectivity index (χ2v) is 5.10. The molecule has 4 nitrogen and oxygen atoms in total. The molecule has 0 unspecified atom stereocenters. The predicted octanol–water partition coefficient (Wildman–Crippen LogP) is 2.29. The van der Waals surface area contributed by atoms with Gasteiger partial charge in [-0.25, -0.2) is 0 Å². The summed E-state index contributed by atoms with van der Waals surface area (Å²) in [6, 6.07) is 0. The van der Waals surface area contributed by atoms with Gasteiger partial charge in [-0.15, -0.1) is 0 Å². The van der Waals surface area contributed by atoms with Crippen LogP contribution in [0.4, 0.5) is 10.9 Å². The highest BCUT2D eigenvalue weighted by Gasteiger charge is 2.19. The lowest BCUT2D eigenvalue weighted by atomic mass is 10.5. The van der Waals surface area contributed by atoms with Crippen molar-refractivity contribution < 1.29 is 4.74 Å². The van der Waals surface area contributed by atoms with Crippen LogP contribution in [0.1, 0.15) is 0 Å². The highest BCUT2D eigenvalue weighted by Crippen LogP contribution is 2.36. The maximum atomic E-state index is 6.91. The van der Waals surface area contributed by atoms with Crippen molar-refractivity contribution in [3.05, 3.63) is 15.2 Å². The largest absolute Gasteiger partial charge is 0.378 e. The van der Waals surface area contributed by atoms with Crippen LogP contribution in [0.2, 0.25) is 0 Å². The lowest BCUT2D eigenvalue weighted by molar-refractivity contribution is 0.122. The van der Waals surface area contributed by atoms with Crippen molar-refractivity contribution in [1.29, 1.82) is 0 Å². The third-order valence-corrected chi connectivity index (χ3v) is 3.68. The summed E-state index contributed by atoms with van der Waals surface area (Å²) in [5.41, 5.74) is 0. The van der Waals surface area contributed by atoms with Crippen LogP contribution >= 0.6 is 27.3 Å². The molecule has 1 aliphatic rings. The Morgan fingerprint density at radius 1 is 1.50 bits per heavy atom. The maximum absolute atomic E-state index is 6.91. The molecule has 2 heterocycles. The molecule has 0 radical (unpaired) electrons. The van der Waals surface area contributed by atoms with Gasteiger partial charge in [-0.1, -0.05) is 38.8 Å². The minimum Gasteiger partial charge on any atom is -0.378 e. The Hall–Kier alpha value is -0.640. The van der Waals surface area contributed by atoms with Gasteiger partial charge in [-0.2, -0.15) is 0 Å². The fraction of sp³-hybridized carbons (Fsp3) is 0.500. The Morgan fingerprint density at radius 2 is 2.21 bits per heavy atom. The van der Waals surface area contributed by atoms with Crippen molar-refractivity contribution in [2.24, 2.45) is 0 Å². The monoisotopic (exact) mass is 273 g/mol. The quantitative estimate of drug-likeness (QED) is 0.736. The molecule has 0 aromatic carbocycles. The Labute approximate surface area is 94.5 Å². The summed E-state index contributed by atoms with van der Waals surface area (Å²) in [5.74, 6) is 0.455. The molecule has 0 aliphatic carbocycles.